The summed E-state index contributed by atoms with van der Waals surface area (Å²) in [5.41, 5.74) is 4.17. The predicted molar refractivity (Wildman–Crippen MR) is 65.0 cm³/mol. The summed E-state index contributed by atoms with van der Waals surface area (Å²) in [6, 6.07) is 5.65. The number of nitrogens with zero attached hydrogens (tertiary/aromatic N) is 1. The van der Waals surface area contributed by atoms with Gasteiger partial charge in [-0.25, -0.2) is 5.01 Å². The molecule has 1 aromatic rings. The first-order valence-electron chi connectivity index (χ1n) is 5.30. The highest BCUT2D eigenvalue weighted by atomic mass is 79.9. The van der Waals surface area contributed by atoms with Gasteiger partial charge in [-0.05, 0) is 22.0 Å². The van der Waals surface area contributed by atoms with Crippen molar-refractivity contribution in [3.63, 3.8) is 0 Å². The van der Waals surface area contributed by atoms with E-state index in [4.69, 9.17) is 4.74 Å². The highest BCUT2D eigenvalue weighted by molar-refractivity contribution is 9.10. The molecule has 1 fully saturated rings. The minimum Gasteiger partial charge on any atom is -0.506 e. The van der Waals surface area contributed by atoms with Gasteiger partial charge in [-0.3, -0.25) is 5.43 Å². The molecule has 4 nitrogen and oxygen atoms in total. The van der Waals surface area contributed by atoms with E-state index in [0.29, 0.717) is 12.3 Å². The van der Waals surface area contributed by atoms with E-state index in [0.717, 1.165) is 36.3 Å². The second-order valence-electron chi connectivity index (χ2n) is 3.68. The first kappa shape index (κ1) is 11.9. The van der Waals surface area contributed by atoms with E-state index in [1.165, 1.54) is 0 Å². The van der Waals surface area contributed by atoms with Crippen molar-refractivity contribution in [3.8, 4) is 5.75 Å². The van der Waals surface area contributed by atoms with Crippen LogP contribution in [0.25, 0.3) is 0 Å². The number of hydrogen-bond donors (Lipinski definition) is 2. The monoisotopic (exact) mass is 286 g/mol. The quantitative estimate of drug-likeness (QED) is 0.884. The summed E-state index contributed by atoms with van der Waals surface area (Å²) < 4.78 is 5.99. The third-order valence-corrected chi connectivity index (χ3v) is 3.21. The van der Waals surface area contributed by atoms with E-state index in [1.54, 1.807) is 0 Å². The Morgan fingerprint density at radius 2 is 2.12 bits per heavy atom. The van der Waals surface area contributed by atoms with Crippen molar-refractivity contribution in [1.82, 2.24) is 10.4 Å². The molecule has 16 heavy (non-hydrogen) atoms. The number of halogens is 1. The first-order chi connectivity index (χ1) is 7.77. The van der Waals surface area contributed by atoms with Crippen molar-refractivity contribution in [3.05, 3.63) is 28.2 Å². The Morgan fingerprint density at radius 1 is 1.38 bits per heavy atom. The van der Waals surface area contributed by atoms with Crippen molar-refractivity contribution in [2.24, 2.45) is 0 Å². The lowest BCUT2D eigenvalue weighted by atomic mass is 10.2. The molecule has 1 aliphatic rings. The van der Waals surface area contributed by atoms with Gasteiger partial charge in [-0.2, -0.15) is 0 Å². The zero-order chi connectivity index (χ0) is 11.4. The van der Waals surface area contributed by atoms with Gasteiger partial charge in [-0.15, -0.1) is 0 Å². The van der Waals surface area contributed by atoms with Crippen LogP contribution in [0, 0.1) is 0 Å². The Hall–Kier alpha value is -0.620. The van der Waals surface area contributed by atoms with Crippen molar-refractivity contribution in [1.29, 1.82) is 0 Å². The molecular formula is C11H15BrN2O2. The van der Waals surface area contributed by atoms with Gasteiger partial charge in [0.2, 0.25) is 0 Å². The van der Waals surface area contributed by atoms with Crippen molar-refractivity contribution >= 4 is 15.9 Å². The summed E-state index contributed by atoms with van der Waals surface area (Å²) in [4.78, 5) is 0. The second kappa shape index (κ2) is 5.63. The molecule has 5 heteroatoms. The zero-order valence-electron chi connectivity index (χ0n) is 8.95. The average Bonchev–Trinajstić information content (AvgIpc) is 2.32. The molecule has 2 N–H and O–H groups in total. The molecule has 0 radical (unpaired) electrons. The van der Waals surface area contributed by atoms with Gasteiger partial charge in [-0.1, -0.05) is 12.1 Å². The van der Waals surface area contributed by atoms with Gasteiger partial charge in [0, 0.05) is 25.2 Å². The normalized spacial score (nSPS) is 17.6. The maximum absolute atomic E-state index is 9.80. The fraction of sp³-hybridized carbons (Fsp3) is 0.455. The van der Waals surface area contributed by atoms with Gasteiger partial charge in [0.05, 0.1) is 17.7 Å². The van der Waals surface area contributed by atoms with Gasteiger partial charge in [0.15, 0.2) is 0 Å². The second-order valence-corrected chi connectivity index (χ2v) is 4.54. The predicted octanol–water partition coefficient (Wildman–Crippen LogP) is 1.49. The number of rotatable bonds is 3. The van der Waals surface area contributed by atoms with E-state index in [1.807, 2.05) is 18.2 Å². The maximum atomic E-state index is 9.80. The summed E-state index contributed by atoms with van der Waals surface area (Å²) in [7, 11) is 0. The molecule has 2 rings (SSSR count). The zero-order valence-corrected chi connectivity index (χ0v) is 10.5. The van der Waals surface area contributed by atoms with Crippen LogP contribution in [0.2, 0.25) is 0 Å². The summed E-state index contributed by atoms with van der Waals surface area (Å²) in [5.74, 6) is 0.309. The van der Waals surface area contributed by atoms with Crippen LogP contribution >= 0.6 is 15.9 Å². The third-order valence-electron chi connectivity index (χ3n) is 2.57. The largest absolute Gasteiger partial charge is 0.506 e. The first-order valence-corrected chi connectivity index (χ1v) is 6.09. The number of phenols is 1. The lowest BCUT2D eigenvalue weighted by Gasteiger charge is -2.27. The Balaban J connectivity index is 1.91. The third kappa shape index (κ3) is 2.95. The molecule has 1 heterocycles. The Kier molecular flexibility index (Phi) is 4.17. The molecule has 0 spiro atoms. The number of benzene rings is 1. The average molecular weight is 287 g/mol. The molecule has 0 unspecified atom stereocenters. The number of aromatic hydroxyl groups is 1. The number of phenolic OH excluding ortho intramolecular Hbond substituents is 1. The topological polar surface area (TPSA) is 44.7 Å². The molecule has 0 amide bonds. The molecule has 0 aromatic heterocycles. The van der Waals surface area contributed by atoms with E-state index in [-0.39, 0.29) is 0 Å². The van der Waals surface area contributed by atoms with Gasteiger partial charge in [0.25, 0.3) is 0 Å². The summed E-state index contributed by atoms with van der Waals surface area (Å²) >= 11 is 3.30. The molecule has 88 valence electrons. The number of hydrogen-bond acceptors (Lipinski definition) is 4. The number of morpholine rings is 1. The van der Waals surface area contributed by atoms with E-state index < -0.39 is 0 Å². The minimum absolute atomic E-state index is 0.309. The van der Waals surface area contributed by atoms with Crippen LogP contribution in [0.4, 0.5) is 0 Å². The minimum atomic E-state index is 0.309. The number of para-hydroxylation sites is 1. The number of hydrazine groups is 1. The number of nitrogens with one attached hydrogen (secondary N) is 1. The molecule has 1 aromatic carbocycles. The van der Waals surface area contributed by atoms with Crippen LogP contribution in [-0.2, 0) is 11.3 Å². The Bertz CT molecular complexity index is 354. The van der Waals surface area contributed by atoms with Crippen LogP contribution in [-0.4, -0.2) is 36.4 Å². The number of ether oxygens (including phenoxy) is 1. The summed E-state index contributed by atoms with van der Waals surface area (Å²) in [5, 5.41) is 11.9. The van der Waals surface area contributed by atoms with Crippen LogP contribution in [0.1, 0.15) is 5.56 Å². The standard InChI is InChI=1S/C11H15BrN2O2/c12-10-3-1-2-9(11(10)15)8-13-14-4-6-16-7-5-14/h1-3,13,15H,4-8H2. The molecule has 0 bridgehead atoms. The van der Waals surface area contributed by atoms with Crippen molar-refractivity contribution < 1.29 is 9.84 Å². The van der Waals surface area contributed by atoms with E-state index >= 15 is 0 Å². The molecule has 0 aliphatic carbocycles. The van der Waals surface area contributed by atoms with Crippen LogP contribution in [0.15, 0.2) is 22.7 Å². The lowest BCUT2D eigenvalue weighted by Crippen LogP contribution is -2.45. The molecular weight excluding hydrogens is 272 g/mol. The lowest BCUT2D eigenvalue weighted by molar-refractivity contribution is 0.0104. The summed E-state index contributed by atoms with van der Waals surface area (Å²) in [6.07, 6.45) is 0. The highest BCUT2D eigenvalue weighted by Gasteiger charge is 2.11. The fourth-order valence-corrected chi connectivity index (χ4v) is 2.03. The van der Waals surface area contributed by atoms with E-state index in [2.05, 4.69) is 26.4 Å². The Morgan fingerprint density at radius 3 is 2.88 bits per heavy atom. The Labute approximate surface area is 103 Å². The van der Waals surface area contributed by atoms with Gasteiger partial charge in [0.1, 0.15) is 5.75 Å². The van der Waals surface area contributed by atoms with Crippen LogP contribution in [0.5, 0.6) is 5.75 Å². The van der Waals surface area contributed by atoms with Crippen LogP contribution in [0.3, 0.4) is 0 Å². The molecule has 1 saturated heterocycles. The van der Waals surface area contributed by atoms with Gasteiger partial charge < -0.3 is 9.84 Å². The molecule has 0 atom stereocenters. The smallest absolute Gasteiger partial charge is 0.134 e. The highest BCUT2D eigenvalue weighted by Crippen LogP contribution is 2.27. The van der Waals surface area contributed by atoms with Gasteiger partial charge >= 0.3 is 0 Å². The van der Waals surface area contributed by atoms with Crippen molar-refractivity contribution in [2.45, 2.75) is 6.54 Å². The van der Waals surface area contributed by atoms with E-state index in [9.17, 15) is 5.11 Å². The van der Waals surface area contributed by atoms with Crippen LogP contribution < -0.4 is 5.43 Å². The maximum Gasteiger partial charge on any atom is 0.134 e. The fourth-order valence-electron chi connectivity index (χ4n) is 1.62. The molecule has 1 aliphatic heterocycles. The van der Waals surface area contributed by atoms with Crippen molar-refractivity contribution in [2.75, 3.05) is 26.3 Å². The SMILES string of the molecule is Oc1c(Br)cccc1CNN1CCOCC1. The summed E-state index contributed by atoms with van der Waals surface area (Å²) in [6.45, 7) is 3.92. The molecule has 0 saturated carbocycles.